The molecular weight excluding hydrogens is 214 g/mol. The maximum Gasteiger partial charge on any atom is 0.140 e. The summed E-state index contributed by atoms with van der Waals surface area (Å²) in [6.07, 6.45) is 8.54. The van der Waals surface area contributed by atoms with Gasteiger partial charge in [-0.2, -0.15) is 0 Å². The van der Waals surface area contributed by atoms with Crippen LogP contribution in [0.5, 0.6) is 0 Å². The minimum Gasteiger partial charge on any atom is -0.409 e. The summed E-state index contributed by atoms with van der Waals surface area (Å²) in [5, 5.41) is 15.1. The van der Waals surface area contributed by atoms with E-state index in [2.05, 4.69) is 24.3 Å². The molecule has 100 valence electrons. The average molecular weight is 241 g/mol. The van der Waals surface area contributed by atoms with Crippen LogP contribution in [0.25, 0.3) is 0 Å². The van der Waals surface area contributed by atoms with Crippen molar-refractivity contribution in [2.75, 3.05) is 0 Å². The van der Waals surface area contributed by atoms with E-state index in [1.54, 1.807) is 0 Å². The number of hydrogen-bond donors (Lipinski definition) is 3. The smallest absolute Gasteiger partial charge is 0.140 e. The van der Waals surface area contributed by atoms with Crippen LogP contribution in [0.4, 0.5) is 0 Å². The Morgan fingerprint density at radius 3 is 2.59 bits per heavy atom. The van der Waals surface area contributed by atoms with Crippen molar-refractivity contribution in [3.63, 3.8) is 0 Å². The molecule has 0 heterocycles. The number of oxime groups is 1. The van der Waals surface area contributed by atoms with Crippen LogP contribution in [-0.4, -0.2) is 23.1 Å². The SMILES string of the molecule is CCCC1CCC(NC(C)CC(N)=NO)CC1. The first kappa shape index (κ1) is 14.3. The molecule has 0 spiro atoms. The van der Waals surface area contributed by atoms with Crippen molar-refractivity contribution in [1.82, 2.24) is 5.32 Å². The van der Waals surface area contributed by atoms with Crippen molar-refractivity contribution < 1.29 is 5.21 Å². The molecule has 0 aromatic carbocycles. The predicted molar refractivity (Wildman–Crippen MR) is 71.3 cm³/mol. The lowest BCUT2D eigenvalue weighted by molar-refractivity contribution is 0.266. The Hall–Kier alpha value is -0.770. The number of rotatable bonds is 6. The fourth-order valence-corrected chi connectivity index (χ4v) is 2.84. The Labute approximate surface area is 105 Å². The first-order valence-electron chi connectivity index (χ1n) is 6.88. The van der Waals surface area contributed by atoms with Crippen LogP contribution >= 0.6 is 0 Å². The zero-order chi connectivity index (χ0) is 12.7. The second-order valence-electron chi connectivity index (χ2n) is 5.37. The third kappa shape index (κ3) is 5.39. The van der Waals surface area contributed by atoms with Gasteiger partial charge >= 0.3 is 0 Å². The molecule has 0 aromatic rings. The highest BCUT2D eigenvalue weighted by molar-refractivity contribution is 5.80. The van der Waals surface area contributed by atoms with Crippen LogP contribution in [-0.2, 0) is 0 Å². The third-order valence-electron chi connectivity index (χ3n) is 3.71. The Kier molecular flexibility index (Phi) is 6.34. The lowest BCUT2D eigenvalue weighted by atomic mass is 9.83. The molecule has 0 saturated heterocycles. The van der Waals surface area contributed by atoms with Gasteiger partial charge in [0.2, 0.25) is 0 Å². The van der Waals surface area contributed by atoms with Gasteiger partial charge in [0, 0.05) is 18.5 Å². The lowest BCUT2D eigenvalue weighted by Crippen LogP contribution is -2.40. The van der Waals surface area contributed by atoms with E-state index >= 15 is 0 Å². The number of nitrogens with zero attached hydrogens (tertiary/aromatic N) is 1. The molecule has 1 rings (SSSR count). The summed E-state index contributed by atoms with van der Waals surface area (Å²) in [4.78, 5) is 0. The number of hydrogen-bond acceptors (Lipinski definition) is 3. The molecule has 1 saturated carbocycles. The summed E-state index contributed by atoms with van der Waals surface area (Å²) in [7, 11) is 0. The van der Waals surface area contributed by atoms with Gasteiger partial charge < -0.3 is 16.3 Å². The molecule has 0 amide bonds. The Morgan fingerprint density at radius 1 is 1.41 bits per heavy atom. The van der Waals surface area contributed by atoms with Gasteiger partial charge in [-0.3, -0.25) is 0 Å². The summed E-state index contributed by atoms with van der Waals surface area (Å²) >= 11 is 0. The van der Waals surface area contributed by atoms with Crippen LogP contribution in [0.3, 0.4) is 0 Å². The van der Waals surface area contributed by atoms with Gasteiger partial charge in [0.15, 0.2) is 0 Å². The molecule has 4 heteroatoms. The maximum atomic E-state index is 8.52. The van der Waals surface area contributed by atoms with Crippen molar-refractivity contribution in [1.29, 1.82) is 0 Å². The molecule has 1 fully saturated rings. The van der Waals surface area contributed by atoms with Crippen LogP contribution in [0.1, 0.15) is 58.8 Å². The summed E-state index contributed by atoms with van der Waals surface area (Å²) in [6.45, 7) is 4.36. The highest BCUT2D eigenvalue weighted by Crippen LogP contribution is 2.27. The van der Waals surface area contributed by atoms with Crippen LogP contribution in [0.2, 0.25) is 0 Å². The van der Waals surface area contributed by atoms with Crippen molar-refractivity contribution in [2.24, 2.45) is 16.8 Å². The van der Waals surface area contributed by atoms with E-state index in [-0.39, 0.29) is 0 Å². The van der Waals surface area contributed by atoms with Gasteiger partial charge in [0.1, 0.15) is 5.84 Å². The molecule has 1 aliphatic rings. The first-order chi connectivity index (χ1) is 8.15. The maximum absolute atomic E-state index is 8.52. The molecular formula is C13H27N3O. The van der Waals surface area contributed by atoms with E-state index in [1.165, 1.54) is 38.5 Å². The second kappa shape index (κ2) is 7.54. The molecule has 1 unspecified atom stereocenters. The quantitative estimate of drug-likeness (QED) is 0.289. The van der Waals surface area contributed by atoms with E-state index in [9.17, 15) is 0 Å². The predicted octanol–water partition coefficient (Wildman–Crippen LogP) is 2.46. The Balaban J connectivity index is 2.21. The zero-order valence-electron chi connectivity index (χ0n) is 11.2. The van der Waals surface area contributed by atoms with Gasteiger partial charge in [-0.05, 0) is 38.5 Å². The summed E-state index contributed by atoms with van der Waals surface area (Å²) in [5.74, 6) is 1.25. The molecule has 0 radical (unpaired) electrons. The summed E-state index contributed by atoms with van der Waals surface area (Å²) < 4.78 is 0. The molecule has 1 aliphatic carbocycles. The lowest BCUT2D eigenvalue weighted by Gasteiger charge is -2.31. The Bertz CT molecular complexity index is 235. The number of amidine groups is 1. The monoisotopic (exact) mass is 241 g/mol. The number of nitrogens with two attached hydrogens (primary N) is 1. The first-order valence-corrected chi connectivity index (χ1v) is 6.88. The minimum absolute atomic E-state index is 0.290. The van der Waals surface area contributed by atoms with Gasteiger partial charge in [-0.15, -0.1) is 0 Å². The third-order valence-corrected chi connectivity index (χ3v) is 3.71. The van der Waals surface area contributed by atoms with Crippen molar-refractivity contribution in [3.8, 4) is 0 Å². The van der Waals surface area contributed by atoms with Crippen molar-refractivity contribution in [2.45, 2.75) is 70.9 Å². The van der Waals surface area contributed by atoms with Gasteiger partial charge in [0.25, 0.3) is 0 Å². The van der Waals surface area contributed by atoms with E-state index in [0.29, 0.717) is 24.3 Å². The van der Waals surface area contributed by atoms with Crippen molar-refractivity contribution >= 4 is 5.84 Å². The molecule has 0 bridgehead atoms. The fraction of sp³-hybridized carbons (Fsp3) is 0.923. The Morgan fingerprint density at radius 2 is 2.06 bits per heavy atom. The standard InChI is InChI=1S/C13H27N3O/c1-3-4-11-5-7-12(8-6-11)15-10(2)9-13(14)16-17/h10-12,15,17H,3-9H2,1-2H3,(H2,14,16). The molecule has 0 aliphatic heterocycles. The average Bonchev–Trinajstić information content (AvgIpc) is 2.31. The summed E-state index contributed by atoms with van der Waals surface area (Å²) in [5.41, 5.74) is 5.50. The second-order valence-corrected chi connectivity index (χ2v) is 5.37. The highest BCUT2D eigenvalue weighted by Gasteiger charge is 2.21. The van der Waals surface area contributed by atoms with Gasteiger partial charge in [-0.1, -0.05) is 24.9 Å². The van der Waals surface area contributed by atoms with E-state index in [4.69, 9.17) is 10.9 Å². The minimum atomic E-state index is 0.290. The van der Waals surface area contributed by atoms with Gasteiger partial charge in [0.05, 0.1) is 0 Å². The van der Waals surface area contributed by atoms with Crippen LogP contribution < -0.4 is 11.1 Å². The summed E-state index contributed by atoms with van der Waals surface area (Å²) in [6, 6.07) is 0.906. The largest absolute Gasteiger partial charge is 0.409 e. The molecule has 4 N–H and O–H groups in total. The molecule has 1 atom stereocenters. The fourth-order valence-electron chi connectivity index (χ4n) is 2.84. The highest BCUT2D eigenvalue weighted by atomic mass is 16.4. The normalized spacial score (nSPS) is 28.0. The number of nitrogens with one attached hydrogen (secondary N) is 1. The molecule has 4 nitrogen and oxygen atoms in total. The molecule has 0 aromatic heterocycles. The van der Waals surface area contributed by atoms with Crippen molar-refractivity contribution in [3.05, 3.63) is 0 Å². The topological polar surface area (TPSA) is 70.6 Å². The van der Waals surface area contributed by atoms with E-state index in [0.717, 1.165) is 5.92 Å². The zero-order valence-corrected chi connectivity index (χ0v) is 11.2. The van der Waals surface area contributed by atoms with Crippen LogP contribution in [0, 0.1) is 5.92 Å². The van der Waals surface area contributed by atoms with Crippen LogP contribution in [0.15, 0.2) is 5.16 Å². The van der Waals surface area contributed by atoms with E-state index in [1.807, 2.05) is 0 Å². The van der Waals surface area contributed by atoms with Gasteiger partial charge in [-0.25, -0.2) is 0 Å². The molecule has 17 heavy (non-hydrogen) atoms. The van der Waals surface area contributed by atoms with E-state index < -0.39 is 0 Å².